The van der Waals surface area contributed by atoms with Gasteiger partial charge in [0.05, 0.1) is 0 Å². The molecule has 0 heterocycles. The van der Waals surface area contributed by atoms with Gasteiger partial charge in [-0.3, -0.25) is 0 Å². The average molecular weight is 290 g/mol. The Morgan fingerprint density at radius 2 is 0.773 bits per heavy atom. The Bertz CT molecular complexity index is 733. The number of hydrogen-bond donors (Lipinski definition) is 4. The Labute approximate surface area is 129 Å². The van der Waals surface area contributed by atoms with Crippen molar-refractivity contribution in [3.63, 3.8) is 0 Å². The average Bonchev–Trinajstić information content (AvgIpc) is 2.45. The Balaban J connectivity index is 2.09. The fourth-order valence-electron chi connectivity index (χ4n) is 2.56. The fraction of sp³-hybridized carbons (Fsp3) is 0. The number of nitrogen functional groups attached to an aromatic ring is 4. The summed E-state index contributed by atoms with van der Waals surface area (Å²) in [5, 5.41) is 0. The second kappa shape index (κ2) is 5.33. The number of rotatable bonds is 2. The zero-order valence-electron chi connectivity index (χ0n) is 12.1. The normalized spacial score (nSPS) is 10.5. The predicted octanol–water partition coefficient (Wildman–Crippen LogP) is 3.35. The zero-order chi connectivity index (χ0) is 15.7. The molecule has 0 radical (unpaired) electrons. The standard InChI is InChI=1S/C18H18N4/c19-15-5-13(6-16(20)9-15)11-2-1-3-12(4-11)14-7-17(21)10-18(22)8-14/h1-10H,19-22H2. The zero-order valence-corrected chi connectivity index (χ0v) is 12.1. The summed E-state index contributed by atoms with van der Waals surface area (Å²) in [7, 11) is 0. The van der Waals surface area contributed by atoms with Crippen molar-refractivity contribution in [2.45, 2.75) is 0 Å². The van der Waals surface area contributed by atoms with E-state index in [2.05, 4.69) is 6.07 Å². The molecule has 8 N–H and O–H groups in total. The SMILES string of the molecule is Nc1cc(N)cc(-c2cccc(-c3cc(N)cc(N)c3)c2)c1. The quantitative estimate of drug-likeness (QED) is 0.543. The van der Waals surface area contributed by atoms with Crippen LogP contribution in [0.15, 0.2) is 60.7 Å². The second-order valence-corrected chi connectivity index (χ2v) is 5.36. The van der Waals surface area contributed by atoms with Crippen molar-refractivity contribution in [2.24, 2.45) is 0 Å². The van der Waals surface area contributed by atoms with E-state index in [9.17, 15) is 0 Å². The Hall–Kier alpha value is -3.14. The van der Waals surface area contributed by atoms with Crippen LogP contribution in [0.5, 0.6) is 0 Å². The molecule has 0 unspecified atom stereocenters. The van der Waals surface area contributed by atoms with E-state index in [0.29, 0.717) is 22.7 Å². The molecular formula is C18H18N4. The summed E-state index contributed by atoms with van der Waals surface area (Å²) in [5.41, 5.74) is 30.1. The van der Waals surface area contributed by atoms with Gasteiger partial charge in [-0.05, 0) is 64.7 Å². The van der Waals surface area contributed by atoms with E-state index in [1.54, 1.807) is 12.1 Å². The third kappa shape index (κ3) is 2.81. The number of nitrogens with two attached hydrogens (primary N) is 4. The Morgan fingerprint density at radius 3 is 1.14 bits per heavy atom. The summed E-state index contributed by atoms with van der Waals surface area (Å²) < 4.78 is 0. The first kappa shape index (κ1) is 13.8. The molecule has 0 saturated heterocycles. The van der Waals surface area contributed by atoms with Gasteiger partial charge in [0.1, 0.15) is 0 Å². The maximum absolute atomic E-state index is 5.87. The molecule has 0 saturated carbocycles. The van der Waals surface area contributed by atoms with E-state index in [-0.39, 0.29) is 0 Å². The van der Waals surface area contributed by atoms with Crippen molar-refractivity contribution in [1.82, 2.24) is 0 Å². The van der Waals surface area contributed by atoms with Crippen molar-refractivity contribution >= 4 is 22.7 Å². The van der Waals surface area contributed by atoms with E-state index in [1.807, 2.05) is 42.5 Å². The number of hydrogen-bond acceptors (Lipinski definition) is 4. The van der Waals surface area contributed by atoms with Crippen LogP contribution in [0.4, 0.5) is 22.7 Å². The Kier molecular flexibility index (Phi) is 3.35. The summed E-state index contributed by atoms with van der Waals surface area (Å²) in [5.74, 6) is 0. The lowest BCUT2D eigenvalue weighted by Gasteiger charge is -2.09. The molecule has 0 spiro atoms. The first-order valence-corrected chi connectivity index (χ1v) is 6.94. The maximum atomic E-state index is 5.87. The van der Waals surface area contributed by atoms with Crippen LogP contribution in [0.1, 0.15) is 0 Å². The Morgan fingerprint density at radius 1 is 0.409 bits per heavy atom. The van der Waals surface area contributed by atoms with Gasteiger partial charge in [0.15, 0.2) is 0 Å². The highest BCUT2D eigenvalue weighted by Crippen LogP contribution is 2.30. The van der Waals surface area contributed by atoms with Crippen LogP contribution in [0.2, 0.25) is 0 Å². The summed E-state index contributed by atoms with van der Waals surface area (Å²) in [4.78, 5) is 0. The molecule has 3 aromatic rings. The maximum Gasteiger partial charge on any atom is 0.0340 e. The third-order valence-electron chi connectivity index (χ3n) is 3.48. The molecule has 110 valence electrons. The van der Waals surface area contributed by atoms with Crippen LogP contribution in [-0.4, -0.2) is 0 Å². The molecule has 0 atom stereocenters. The summed E-state index contributed by atoms with van der Waals surface area (Å²) in [6.45, 7) is 0. The molecule has 0 aliphatic rings. The summed E-state index contributed by atoms with van der Waals surface area (Å²) in [6.07, 6.45) is 0. The minimum Gasteiger partial charge on any atom is -0.399 e. The van der Waals surface area contributed by atoms with Gasteiger partial charge in [-0.1, -0.05) is 18.2 Å². The molecule has 22 heavy (non-hydrogen) atoms. The molecule has 0 bridgehead atoms. The molecule has 3 aromatic carbocycles. The first-order chi connectivity index (χ1) is 10.5. The molecule has 0 aliphatic carbocycles. The van der Waals surface area contributed by atoms with Gasteiger partial charge < -0.3 is 22.9 Å². The van der Waals surface area contributed by atoms with E-state index in [4.69, 9.17) is 22.9 Å². The van der Waals surface area contributed by atoms with Gasteiger partial charge in [0, 0.05) is 22.7 Å². The van der Waals surface area contributed by atoms with Crippen LogP contribution < -0.4 is 22.9 Å². The van der Waals surface area contributed by atoms with Crippen molar-refractivity contribution < 1.29 is 0 Å². The molecular weight excluding hydrogens is 272 g/mol. The van der Waals surface area contributed by atoms with Crippen molar-refractivity contribution in [3.8, 4) is 22.3 Å². The van der Waals surface area contributed by atoms with Crippen molar-refractivity contribution in [2.75, 3.05) is 22.9 Å². The molecule has 4 heteroatoms. The monoisotopic (exact) mass is 290 g/mol. The van der Waals surface area contributed by atoms with Gasteiger partial charge >= 0.3 is 0 Å². The van der Waals surface area contributed by atoms with Crippen LogP contribution in [-0.2, 0) is 0 Å². The molecule has 0 aromatic heterocycles. The fourth-order valence-corrected chi connectivity index (χ4v) is 2.56. The van der Waals surface area contributed by atoms with Crippen molar-refractivity contribution in [1.29, 1.82) is 0 Å². The van der Waals surface area contributed by atoms with Crippen LogP contribution in [0.25, 0.3) is 22.3 Å². The van der Waals surface area contributed by atoms with E-state index in [1.165, 1.54) is 0 Å². The minimum atomic E-state index is 0.647. The van der Waals surface area contributed by atoms with Crippen LogP contribution in [0, 0.1) is 0 Å². The van der Waals surface area contributed by atoms with Gasteiger partial charge in [-0.2, -0.15) is 0 Å². The highest BCUT2D eigenvalue weighted by molar-refractivity contribution is 5.79. The third-order valence-corrected chi connectivity index (χ3v) is 3.48. The topological polar surface area (TPSA) is 104 Å². The lowest BCUT2D eigenvalue weighted by atomic mass is 9.98. The van der Waals surface area contributed by atoms with E-state index in [0.717, 1.165) is 22.3 Å². The van der Waals surface area contributed by atoms with Crippen LogP contribution >= 0.6 is 0 Å². The molecule has 0 aliphatic heterocycles. The lowest BCUT2D eigenvalue weighted by Crippen LogP contribution is -1.92. The van der Waals surface area contributed by atoms with Crippen LogP contribution in [0.3, 0.4) is 0 Å². The lowest BCUT2D eigenvalue weighted by molar-refractivity contribution is 1.58. The van der Waals surface area contributed by atoms with E-state index < -0.39 is 0 Å². The molecule has 3 rings (SSSR count). The van der Waals surface area contributed by atoms with Crippen molar-refractivity contribution in [3.05, 3.63) is 60.7 Å². The molecule has 0 amide bonds. The summed E-state index contributed by atoms with van der Waals surface area (Å²) in [6, 6.07) is 19.2. The van der Waals surface area contributed by atoms with Gasteiger partial charge in [0.2, 0.25) is 0 Å². The minimum absolute atomic E-state index is 0.647. The first-order valence-electron chi connectivity index (χ1n) is 6.94. The number of benzene rings is 3. The number of anilines is 4. The second-order valence-electron chi connectivity index (χ2n) is 5.36. The predicted molar refractivity (Wildman–Crippen MR) is 95.0 cm³/mol. The van der Waals surface area contributed by atoms with Gasteiger partial charge in [-0.15, -0.1) is 0 Å². The van der Waals surface area contributed by atoms with E-state index >= 15 is 0 Å². The molecule has 4 nitrogen and oxygen atoms in total. The summed E-state index contributed by atoms with van der Waals surface area (Å²) >= 11 is 0. The smallest absolute Gasteiger partial charge is 0.0340 e. The van der Waals surface area contributed by atoms with Gasteiger partial charge in [-0.25, -0.2) is 0 Å². The highest BCUT2D eigenvalue weighted by Gasteiger charge is 2.05. The largest absolute Gasteiger partial charge is 0.399 e. The van der Waals surface area contributed by atoms with Gasteiger partial charge in [0.25, 0.3) is 0 Å². The molecule has 0 fully saturated rings. The highest BCUT2D eigenvalue weighted by atomic mass is 14.6.